The highest BCUT2D eigenvalue weighted by Crippen LogP contribution is 2.26. The van der Waals surface area contributed by atoms with Gasteiger partial charge < -0.3 is 4.74 Å². The summed E-state index contributed by atoms with van der Waals surface area (Å²) in [4.78, 5) is 12.1. The Hall–Kier alpha value is -2.68. The molecular weight excluding hydrogens is 378 g/mol. The maximum Gasteiger partial charge on any atom is 0.341 e. The van der Waals surface area contributed by atoms with Crippen molar-refractivity contribution in [2.24, 2.45) is 5.14 Å². The lowest BCUT2D eigenvalue weighted by Crippen LogP contribution is -2.12. The number of benzene rings is 2. The Kier molecular flexibility index (Phi) is 4.82. The van der Waals surface area contributed by atoms with Crippen LogP contribution in [0.5, 0.6) is 0 Å². The number of methoxy groups -OCH3 is 1. The van der Waals surface area contributed by atoms with E-state index in [-0.39, 0.29) is 10.5 Å². The fraction of sp³-hybridized carbons (Fsp3) is 0.0588. The van der Waals surface area contributed by atoms with Gasteiger partial charge in [0, 0.05) is 16.8 Å². The number of nitrogens with two attached hydrogens (primary N) is 1. The normalized spacial score (nSPS) is 11.3. The van der Waals surface area contributed by atoms with Crippen LogP contribution in [-0.2, 0) is 14.8 Å². The minimum atomic E-state index is -3.79. The Morgan fingerprint density at radius 2 is 1.73 bits per heavy atom. The summed E-state index contributed by atoms with van der Waals surface area (Å²) >= 11 is 5.90. The summed E-state index contributed by atoms with van der Waals surface area (Å²) in [6, 6.07) is 12.7. The summed E-state index contributed by atoms with van der Waals surface area (Å²) < 4.78 is 29.0. The van der Waals surface area contributed by atoms with Gasteiger partial charge in [0.1, 0.15) is 11.3 Å². The first-order valence-electron chi connectivity index (χ1n) is 7.37. The van der Waals surface area contributed by atoms with Crippen molar-refractivity contribution in [3.05, 3.63) is 65.3 Å². The smallest absolute Gasteiger partial charge is 0.341 e. The zero-order valence-corrected chi connectivity index (χ0v) is 15.2. The summed E-state index contributed by atoms with van der Waals surface area (Å²) in [6.07, 6.45) is 1.52. The number of carbonyl (C=O) groups excluding carboxylic acids is 1. The fourth-order valence-electron chi connectivity index (χ4n) is 2.38. The van der Waals surface area contributed by atoms with Gasteiger partial charge in [0.15, 0.2) is 0 Å². The first kappa shape index (κ1) is 18.1. The Balaban J connectivity index is 2.09. The molecule has 0 saturated heterocycles. The van der Waals surface area contributed by atoms with Crippen molar-refractivity contribution < 1.29 is 17.9 Å². The highest BCUT2D eigenvalue weighted by Gasteiger charge is 2.19. The van der Waals surface area contributed by atoms with Crippen LogP contribution in [0.4, 0.5) is 0 Å². The molecule has 1 aromatic heterocycles. The van der Waals surface area contributed by atoms with Crippen LogP contribution in [0.2, 0.25) is 5.02 Å². The summed E-state index contributed by atoms with van der Waals surface area (Å²) in [5.74, 6) is -0.539. The molecule has 0 unspecified atom stereocenters. The van der Waals surface area contributed by atoms with E-state index in [0.717, 1.165) is 0 Å². The maximum absolute atomic E-state index is 12.1. The minimum absolute atomic E-state index is 0.0143. The Labute approximate surface area is 155 Å². The minimum Gasteiger partial charge on any atom is -0.465 e. The zero-order chi connectivity index (χ0) is 18.9. The second kappa shape index (κ2) is 6.91. The van der Waals surface area contributed by atoms with Crippen LogP contribution < -0.4 is 5.14 Å². The van der Waals surface area contributed by atoms with Crippen molar-refractivity contribution in [3.8, 4) is 16.9 Å². The summed E-state index contributed by atoms with van der Waals surface area (Å²) in [7, 11) is -2.50. The molecule has 0 saturated carbocycles. The molecule has 7 nitrogen and oxygen atoms in total. The van der Waals surface area contributed by atoms with Gasteiger partial charge in [-0.3, -0.25) is 0 Å². The second-order valence-corrected chi connectivity index (χ2v) is 7.37. The van der Waals surface area contributed by atoms with E-state index in [4.69, 9.17) is 21.5 Å². The molecule has 134 valence electrons. The molecule has 0 bridgehead atoms. The number of rotatable bonds is 4. The van der Waals surface area contributed by atoms with Crippen LogP contribution in [0.25, 0.3) is 16.9 Å². The Morgan fingerprint density at radius 1 is 1.12 bits per heavy atom. The first-order chi connectivity index (χ1) is 12.3. The molecule has 2 aromatic carbocycles. The van der Waals surface area contributed by atoms with Gasteiger partial charge in [-0.15, -0.1) is 0 Å². The molecule has 0 amide bonds. The maximum atomic E-state index is 12.1. The largest absolute Gasteiger partial charge is 0.465 e. The van der Waals surface area contributed by atoms with Gasteiger partial charge in [-0.05, 0) is 36.4 Å². The molecule has 26 heavy (non-hydrogen) atoms. The van der Waals surface area contributed by atoms with Gasteiger partial charge in [-0.25, -0.2) is 23.0 Å². The molecule has 0 aliphatic heterocycles. The number of halogens is 1. The van der Waals surface area contributed by atoms with E-state index in [1.54, 1.807) is 36.4 Å². The SMILES string of the molecule is COC(=O)c1cn(-c2ccc(S(N)(=O)=O)cc2)nc1-c1ccc(Cl)cc1. The predicted octanol–water partition coefficient (Wildman–Crippen LogP) is 2.63. The molecule has 0 radical (unpaired) electrons. The molecule has 2 N–H and O–H groups in total. The van der Waals surface area contributed by atoms with E-state index in [1.807, 2.05) is 0 Å². The third-order valence-corrected chi connectivity index (χ3v) is 4.85. The van der Waals surface area contributed by atoms with E-state index in [2.05, 4.69) is 5.10 Å². The summed E-state index contributed by atoms with van der Waals surface area (Å²) in [5, 5.41) is 10.1. The summed E-state index contributed by atoms with van der Waals surface area (Å²) in [5.41, 5.74) is 1.94. The summed E-state index contributed by atoms with van der Waals surface area (Å²) in [6.45, 7) is 0. The molecule has 9 heteroatoms. The van der Waals surface area contributed by atoms with Crippen LogP contribution >= 0.6 is 11.6 Å². The number of ether oxygens (including phenoxy) is 1. The number of hydrogen-bond acceptors (Lipinski definition) is 5. The van der Waals surface area contributed by atoms with Gasteiger partial charge in [0.2, 0.25) is 10.0 Å². The van der Waals surface area contributed by atoms with Gasteiger partial charge in [-0.1, -0.05) is 23.7 Å². The molecule has 0 aliphatic carbocycles. The fourth-order valence-corrected chi connectivity index (χ4v) is 3.02. The van der Waals surface area contributed by atoms with E-state index in [0.29, 0.717) is 22.0 Å². The highest BCUT2D eigenvalue weighted by molar-refractivity contribution is 7.89. The number of nitrogens with zero attached hydrogens (tertiary/aromatic N) is 2. The van der Waals surface area contributed by atoms with Crippen molar-refractivity contribution in [1.29, 1.82) is 0 Å². The van der Waals surface area contributed by atoms with E-state index < -0.39 is 16.0 Å². The van der Waals surface area contributed by atoms with Crippen molar-refractivity contribution in [2.75, 3.05) is 7.11 Å². The lowest BCUT2D eigenvalue weighted by Gasteiger charge is -2.03. The second-order valence-electron chi connectivity index (χ2n) is 5.37. The van der Waals surface area contributed by atoms with Crippen LogP contribution in [-0.4, -0.2) is 31.3 Å². The van der Waals surface area contributed by atoms with Crippen LogP contribution in [0.15, 0.2) is 59.6 Å². The standard InChI is InChI=1S/C17H14ClN3O4S/c1-25-17(22)15-10-21(13-6-8-14(9-7-13)26(19,23)24)20-16(15)11-2-4-12(18)5-3-11/h2-10H,1H3,(H2,19,23,24). The molecule has 0 atom stereocenters. The number of aromatic nitrogens is 2. The molecule has 3 rings (SSSR count). The third kappa shape index (κ3) is 3.62. The van der Waals surface area contributed by atoms with E-state index >= 15 is 0 Å². The highest BCUT2D eigenvalue weighted by atomic mass is 35.5. The predicted molar refractivity (Wildman–Crippen MR) is 96.7 cm³/mol. The van der Waals surface area contributed by atoms with Crippen LogP contribution in [0, 0.1) is 0 Å². The first-order valence-corrected chi connectivity index (χ1v) is 9.29. The van der Waals surface area contributed by atoms with Gasteiger partial charge in [0.05, 0.1) is 17.7 Å². The lowest BCUT2D eigenvalue weighted by molar-refractivity contribution is 0.0601. The number of sulfonamides is 1. The van der Waals surface area contributed by atoms with Crippen molar-refractivity contribution >= 4 is 27.6 Å². The van der Waals surface area contributed by atoms with Gasteiger partial charge in [-0.2, -0.15) is 5.10 Å². The van der Waals surface area contributed by atoms with Crippen molar-refractivity contribution in [2.45, 2.75) is 4.90 Å². The lowest BCUT2D eigenvalue weighted by atomic mass is 10.1. The molecule has 0 spiro atoms. The monoisotopic (exact) mass is 391 g/mol. The number of esters is 1. The molecule has 1 heterocycles. The van der Waals surface area contributed by atoms with Gasteiger partial charge >= 0.3 is 5.97 Å². The Bertz CT molecular complexity index is 1060. The Morgan fingerprint density at radius 3 is 2.27 bits per heavy atom. The average Bonchev–Trinajstić information content (AvgIpc) is 3.06. The molecular formula is C17H14ClN3O4S. The molecule has 3 aromatic rings. The van der Waals surface area contributed by atoms with Crippen molar-refractivity contribution in [1.82, 2.24) is 9.78 Å². The molecule has 0 aliphatic rings. The quantitative estimate of drug-likeness (QED) is 0.688. The van der Waals surface area contributed by atoms with E-state index in [1.165, 1.54) is 30.1 Å². The van der Waals surface area contributed by atoms with Crippen LogP contribution in [0.3, 0.4) is 0 Å². The third-order valence-electron chi connectivity index (χ3n) is 3.67. The molecule has 0 fully saturated rings. The van der Waals surface area contributed by atoms with E-state index in [9.17, 15) is 13.2 Å². The topological polar surface area (TPSA) is 104 Å². The van der Waals surface area contributed by atoms with Crippen LogP contribution in [0.1, 0.15) is 10.4 Å². The van der Waals surface area contributed by atoms with Crippen molar-refractivity contribution in [3.63, 3.8) is 0 Å². The number of carbonyl (C=O) groups is 1. The number of hydrogen-bond donors (Lipinski definition) is 1. The number of primary sulfonamides is 1. The average molecular weight is 392 g/mol. The van der Waals surface area contributed by atoms with Gasteiger partial charge in [0.25, 0.3) is 0 Å². The zero-order valence-electron chi connectivity index (χ0n) is 13.6.